The van der Waals surface area contributed by atoms with Gasteiger partial charge in [0.1, 0.15) is 11.6 Å². The number of methoxy groups -OCH3 is 1. The van der Waals surface area contributed by atoms with Crippen molar-refractivity contribution in [2.45, 2.75) is 20.3 Å². The molecular formula is C36H38F2N4O6. The standard InChI is InChI=1S/C36H38F2N4O6/c1-36(2)32(34(43)40-23-7-5-22(37)6-8-23)33(36)35(44)41-24-9-10-29(26(38)19-24)48-28-11-12-39-27-21-31(30(45-3)20-25(27)28)47-16-4-13-42-14-17-46-18-15-42/h5-12,19-21,32-33H,4,13-18H2,1-3H3,(H,40,43)(H,41,44)/t32-,33+/m0/s1. The maximum absolute atomic E-state index is 15.3. The summed E-state index contributed by atoms with van der Waals surface area (Å²) < 4.78 is 51.5. The second-order valence-electron chi connectivity index (χ2n) is 12.5. The van der Waals surface area contributed by atoms with Crippen LogP contribution in [0.1, 0.15) is 20.3 Å². The summed E-state index contributed by atoms with van der Waals surface area (Å²) >= 11 is 0. The molecule has 2 N–H and O–H groups in total. The number of carbonyl (C=O) groups is 2. The number of benzene rings is 3. The van der Waals surface area contributed by atoms with Crippen molar-refractivity contribution < 1.29 is 37.3 Å². The topological polar surface area (TPSA) is 111 Å². The first-order chi connectivity index (χ1) is 23.1. The predicted octanol–water partition coefficient (Wildman–Crippen LogP) is 6.26. The summed E-state index contributed by atoms with van der Waals surface area (Å²) in [5.74, 6) is -1.72. The summed E-state index contributed by atoms with van der Waals surface area (Å²) in [4.78, 5) is 32.8. The van der Waals surface area contributed by atoms with Crippen LogP contribution in [0.15, 0.2) is 66.9 Å². The minimum atomic E-state index is -0.689. The number of halogens is 2. The van der Waals surface area contributed by atoms with Crippen LogP contribution in [-0.4, -0.2) is 68.3 Å². The number of rotatable bonds is 12. The molecule has 1 saturated carbocycles. The highest BCUT2D eigenvalue weighted by molar-refractivity contribution is 6.04. The van der Waals surface area contributed by atoms with Crippen molar-refractivity contribution in [3.63, 3.8) is 0 Å². The number of hydrogen-bond acceptors (Lipinski definition) is 8. The Labute approximate surface area is 277 Å². The van der Waals surface area contributed by atoms with E-state index in [9.17, 15) is 14.0 Å². The second-order valence-corrected chi connectivity index (χ2v) is 12.5. The molecule has 12 heteroatoms. The van der Waals surface area contributed by atoms with E-state index >= 15 is 4.39 Å². The summed E-state index contributed by atoms with van der Waals surface area (Å²) in [6, 6.07) is 14.7. The monoisotopic (exact) mass is 660 g/mol. The minimum Gasteiger partial charge on any atom is -0.493 e. The van der Waals surface area contributed by atoms with Gasteiger partial charge < -0.3 is 29.6 Å². The molecule has 0 spiro atoms. The molecule has 1 saturated heterocycles. The van der Waals surface area contributed by atoms with Gasteiger partial charge in [0.2, 0.25) is 11.8 Å². The number of morpholine rings is 1. The molecule has 0 bridgehead atoms. The van der Waals surface area contributed by atoms with Gasteiger partial charge in [-0.1, -0.05) is 13.8 Å². The van der Waals surface area contributed by atoms with Gasteiger partial charge in [-0.05, 0) is 60.4 Å². The van der Waals surface area contributed by atoms with Gasteiger partial charge in [0.05, 0.1) is 44.3 Å². The van der Waals surface area contributed by atoms with Gasteiger partial charge in [0.25, 0.3) is 0 Å². The van der Waals surface area contributed by atoms with E-state index in [0.717, 1.165) is 39.3 Å². The molecule has 2 fully saturated rings. The van der Waals surface area contributed by atoms with Crippen molar-refractivity contribution in [3.05, 3.63) is 78.5 Å². The van der Waals surface area contributed by atoms with E-state index < -0.39 is 34.8 Å². The normalized spacial score (nSPS) is 18.6. The van der Waals surface area contributed by atoms with E-state index in [2.05, 4.69) is 20.5 Å². The van der Waals surface area contributed by atoms with Gasteiger partial charge in [-0.15, -0.1) is 0 Å². The number of ether oxygens (including phenoxy) is 4. The summed E-state index contributed by atoms with van der Waals surface area (Å²) in [7, 11) is 1.55. The fourth-order valence-corrected chi connectivity index (χ4v) is 6.15. The minimum absolute atomic E-state index is 0.0498. The zero-order valence-electron chi connectivity index (χ0n) is 27.1. The van der Waals surface area contributed by atoms with E-state index in [1.54, 1.807) is 31.5 Å². The molecule has 2 heterocycles. The van der Waals surface area contributed by atoms with Crippen molar-refractivity contribution in [2.24, 2.45) is 17.3 Å². The number of aromatic nitrogens is 1. The molecule has 3 aromatic carbocycles. The first-order valence-electron chi connectivity index (χ1n) is 15.9. The van der Waals surface area contributed by atoms with Crippen molar-refractivity contribution in [1.29, 1.82) is 0 Å². The highest BCUT2D eigenvalue weighted by atomic mass is 19.1. The number of nitrogens with one attached hydrogen (secondary N) is 2. The van der Waals surface area contributed by atoms with Gasteiger partial charge in [-0.3, -0.25) is 19.5 Å². The van der Waals surface area contributed by atoms with Crippen LogP contribution in [0.2, 0.25) is 0 Å². The fraction of sp³-hybridized carbons (Fsp3) is 0.361. The van der Waals surface area contributed by atoms with Gasteiger partial charge in [0, 0.05) is 54.7 Å². The Hall–Kier alpha value is -4.81. The lowest BCUT2D eigenvalue weighted by Crippen LogP contribution is -2.37. The van der Waals surface area contributed by atoms with Crippen molar-refractivity contribution in [2.75, 3.05) is 57.2 Å². The molecule has 2 aliphatic rings. The zero-order chi connectivity index (χ0) is 33.8. The van der Waals surface area contributed by atoms with Gasteiger partial charge in [-0.2, -0.15) is 0 Å². The summed E-state index contributed by atoms with van der Waals surface area (Å²) in [5, 5.41) is 6.06. The molecule has 0 unspecified atom stereocenters. The SMILES string of the molecule is COc1cc2c(Oc3ccc(NC(=O)[C@H]4[C@@H](C(=O)Nc5ccc(F)cc5)C4(C)C)cc3F)ccnc2cc1OCCCN1CCOCC1. The molecule has 1 aromatic heterocycles. The maximum atomic E-state index is 15.3. The second kappa shape index (κ2) is 14.1. The van der Waals surface area contributed by atoms with Crippen molar-refractivity contribution >= 4 is 34.1 Å². The smallest absolute Gasteiger partial charge is 0.228 e. The average molecular weight is 661 g/mol. The van der Waals surface area contributed by atoms with Crippen LogP contribution in [0.4, 0.5) is 20.2 Å². The van der Waals surface area contributed by atoms with Gasteiger partial charge in [-0.25, -0.2) is 8.78 Å². The van der Waals surface area contributed by atoms with Crippen LogP contribution in [0, 0.1) is 28.9 Å². The highest BCUT2D eigenvalue weighted by Crippen LogP contribution is 2.59. The van der Waals surface area contributed by atoms with Crippen LogP contribution in [-0.2, 0) is 14.3 Å². The Kier molecular flexibility index (Phi) is 9.74. The Bertz CT molecular complexity index is 1800. The van der Waals surface area contributed by atoms with Crippen LogP contribution in [0.3, 0.4) is 0 Å². The number of hydrogen-bond donors (Lipinski definition) is 2. The maximum Gasteiger partial charge on any atom is 0.228 e. The summed E-state index contributed by atoms with van der Waals surface area (Å²) in [6.07, 6.45) is 2.41. The molecule has 2 atom stereocenters. The molecule has 4 aromatic rings. The Morgan fingerprint density at radius 3 is 2.27 bits per heavy atom. The molecule has 2 amide bonds. The molecule has 1 aliphatic heterocycles. The lowest BCUT2D eigenvalue weighted by atomic mass is 10.1. The molecule has 10 nitrogen and oxygen atoms in total. The van der Waals surface area contributed by atoms with E-state index in [-0.39, 0.29) is 17.3 Å². The molecule has 252 valence electrons. The lowest BCUT2D eigenvalue weighted by Gasteiger charge is -2.26. The largest absolute Gasteiger partial charge is 0.493 e. The number of carbonyl (C=O) groups excluding carboxylic acids is 2. The van der Waals surface area contributed by atoms with Crippen LogP contribution < -0.4 is 24.8 Å². The average Bonchev–Trinajstić information content (AvgIpc) is 3.67. The third-order valence-corrected chi connectivity index (χ3v) is 8.89. The number of fused-ring (bicyclic) bond motifs is 1. The van der Waals surface area contributed by atoms with Gasteiger partial charge >= 0.3 is 0 Å². The zero-order valence-corrected chi connectivity index (χ0v) is 27.1. The lowest BCUT2D eigenvalue weighted by molar-refractivity contribution is -0.122. The highest BCUT2D eigenvalue weighted by Gasteiger charge is 2.65. The Morgan fingerprint density at radius 1 is 0.896 bits per heavy atom. The molecule has 48 heavy (non-hydrogen) atoms. The summed E-state index contributed by atoms with van der Waals surface area (Å²) in [5.41, 5.74) is 0.630. The molecular weight excluding hydrogens is 622 g/mol. The van der Waals surface area contributed by atoms with E-state index in [4.69, 9.17) is 18.9 Å². The van der Waals surface area contributed by atoms with E-state index in [0.29, 0.717) is 40.4 Å². The molecule has 1 aliphatic carbocycles. The van der Waals surface area contributed by atoms with Crippen molar-refractivity contribution in [3.8, 4) is 23.0 Å². The number of amides is 2. The quantitative estimate of drug-likeness (QED) is 0.171. The fourth-order valence-electron chi connectivity index (χ4n) is 6.15. The van der Waals surface area contributed by atoms with E-state index in [1.807, 2.05) is 13.8 Å². The third-order valence-electron chi connectivity index (χ3n) is 8.89. The van der Waals surface area contributed by atoms with Crippen LogP contribution >= 0.6 is 0 Å². The van der Waals surface area contributed by atoms with Crippen LogP contribution in [0.25, 0.3) is 10.9 Å². The number of anilines is 2. The first kappa shape index (κ1) is 33.1. The predicted molar refractivity (Wildman–Crippen MR) is 177 cm³/mol. The summed E-state index contributed by atoms with van der Waals surface area (Å²) in [6.45, 7) is 8.41. The molecule has 0 radical (unpaired) electrons. The first-order valence-corrected chi connectivity index (χ1v) is 15.9. The third kappa shape index (κ3) is 7.34. The van der Waals surface area contributed by atoms with Crippen LogP contribution in [0.5, 0.6) is 23.0 Å². The number of nitrogens with zero attached hydrogens (tertiary/aromatic N) is 2. The Balaban J connectivity index is 1.09. The van der Waals surface area contributed by atoms with Crippen molar-refractivity contribution in [1.82, 2.24) is 9.88 Å². The van der Waals surface area contributed by atoms with E-state index in [1.165, 1.54) is 42.5 Å². The number of pyridine rings is 1. The van der Waals surface area contributed by atoms with Gasteiger partial charge in [0.15, 0.2) is 23.1 Å². The molecule has 6 rings (SSSR count). The Morgan fingerprint density at radius 2 is 1.58 bits per heavy atom.